The Balaban J connectivity index is 1.44. The number of benzene rings is 3. The maximum absolute atomic E-state index is 13.8. The number of pyridine rings is 1. The van der Waals surface area contributed by atoms with Crippen molar-refractivity contribution in [3.8, 4) is 0 Å². The van der Waals surface area contributed by atoms with Crippen molar-refractivity contribution in [3.05, 3.63) is 119 Å². The molecular weight excluding hydrogens is 552 g/mol. The van der Waals surface area contributed by atoms with Gasteiger partial charge in [-0.25, -0.2) is 13.4 Å². The third-order valence-corrected chi connectivity index (χ3v) is 9.37. The van der Waals surface area contributed by atoms with Gasteiger partial charge in [-0.3, -0.25) is 14.7 Å². The SMILES string of the molecule is CCN(Cc1ccccc1)S(=O)(=O)c1ccc(C(=O)N(Cc2ccccn2)c2nc3ccc(Cl)cc3s2)cc1. The lowest BCUT2D eigenvalue weighted by Gasteiger charge is -2.22. The average molecular weight is 577 g/mol. The van der Waals surface area contributed by atoms with Crippen LogP contribution in [0.1, 0.15) is 28.5 Å². The van der Waals surface area contributed by atoms with Crippen molar-refractivity contribution < 1.29 is 13.2 Å². The molecule has 0 spiro atoms. The van der Waals surface area contributed by atoms with Gasteiger partial charge in [0.05, 0.1) is 27.4 Å². The van der Waals surface area contributed by atoms with E-state index in [0.29, 0.717) is 28.0 Å². The highest BCUT2D eigenvalue weighted by Crippen LogP contribution is 2.32. The number of aromatic nitrogens is 2. The predicted molar refractivity (Wildman–Crippen MR) is 156 cm³/mol. The first-order chi connectivity index (χ1) is 18.8. The van der Waals surface area contributed by atoms with Gasteiger partial charge in [0.2, 0.25) is 10.0 Å². The molecule has 1 amide bonds. The summed E-state index contributed by atoms with van der Waals surface area (Å²) in [6, 6.07) is 26.4. The van der Waals surface area contributed by atoms with E-state index in [-0.39, 0.29) is 23.9 Å². The smallest absolute Gasteiger partial charge is 0.260 e. The van der Waals surface area contributed by atoms with Gasteiger partial charge in [0.15, 0.2) is 5.13 Å². The molecule has 0 N–H and O–H groups in total. The highest BCUT2D eigenvalue weighted by Gasteiger charge is 2.26. The maximum atomic E-state index is 13.8. The summed E-state index contributed by atoms with van der Waals surface area (Å²) >= 11 is 7.52. The van der Waals surface area contributed by atoms with Crippen LogP contribution in [0.25, 0.3) is 10.2 Å². The number of nitrogens with zero attached hydrogens (tertiary/aromatic N) is 4. The summed E-state index contributed by atoms with van der Waals surface area (Å²) in [5.74, 6) is -0.314. The number of thiazole rings is 1. The van der Waals surface area contributed by atoms with E-state index < -0.39 is 10.0 Å². The third-order valence-electron chi connectivity index (χ3n) is 6.16. The van der Waals surface area contributed by atoms with Gasteiger partial charge in [0, 0.05) is 29.9 Å². The van der Waals surface area contributed by atoms with Crippen LogP contribution in [0.4, 0.5) is 5.13 Å². The summed E-state index contributed by atoms with van der Waals surface area (Å²) in [6.45, 7) is 2.59. The van der Waals surface area contributed by atoms with Gasteiger partial charge in [-0.1, -0.05) is 66.3 Å². The zero-order valence-corrected chi connectivity index (χ0v) is 23.5. The largest absolute Gasteiger partial charge is 0.278 e. The second kappa shape index (κ2) is 11.6. The quantitative estimate of drug-likeness (QED) is 0.203. The molecule has 2 aromatic heterocycles. The standard InChI is InChI=1S/C29H25ClN4O3S2/c1-2-33(19-21-8-4-3-5-9-21)39(36,37)25-14-11-22(12-15-25)28(35)34(20-24-10-6-7-17-31-24)29-32-26-16-13-23(30)18-27(26)38-29/h3-18H,2,19-20H2,1H3. The Morgan fingerprint density at radius 1 is 0.923 bits per heavy atom. The molecular formula is C29H25ClN4O3S2. The molecule has 198 valence electrons. The van der Waals surface area contributed by atoms with E-state index in [9.17, 15) is 13.2 Å². The van der Waals surface area contributed by atoms with Crippen molar-refractivity contribution in [2.24, 2.45) is 0 Å². The first kappa shape index (κ1) is 27.0. The number of hydrogen-bond donors (Lipinski definition) is 0. The third kappa shape index (κ3) is 6.02. The number of carbonyl (C=O) groups excluding carboxylic acids is 1. The summed E-state index contributed by atoms with van der Waals surface area (Å²) in [4.78, 5) is 24.5. The Bertz CT molecular complexity index is 1690. The molecule has 39 heavy (non-hydrogen) atoms. The summed E-state index contributed by atoms with van der Waals surface area (Å²) in [5, 5.41) is 1.09. The van der Waals surface area contributed by atoms with Gasteiger partial charge in [-0.2, -0.15) is 4.31 Å². The zero-order valence-electron chi connectivity index (χ0n) is 21.1. The van der Waals surface area contributed by atoms with Crippen molar-refractivity contribution in [1.82, 2.24) is 14.3 Å². The lowest BCUT2D eigenvalue weighted by molar-refractivity contribution is 0.0984. The lowest BCUT2D eigenvalue weighted by Crippen LogP contribution is -2.31. The van der Waals surface area contributed by atoms with Gasteiger partial charge in [0.1, 0.15) is 0 Å². The molecule has 0 aliphatic heterocycles. The molecule has 0 aliphatic carbocycles. The number of fused-ring (bicyclic) bond motifs is 1. The van der Waals surface area contributed by atoms with Crippen LogP contribution in [0, 0.1) is 0 Å². The van der Waals surface area contributed by atoms with Crippen molar-refractivity contribution in [1.29, 1.82) is 0 Å². The molecule has 7 nitrogen and oxygen atoms in total. The van der Waals surface area contributed by atoms with Crippen LogP contribution in [0.3, 0.4) is 0 Å². The first-order valence-corrected chi connectivity index (χ1v) is 14.9. The number of carbonyl (C=O) groups is 1. The Morgan fingerprint density at radius 2 is 1.67 bits per heavy atom. The predicted octanol–water partition coefficient (Wildman–Crippen LogP) is 6.40. The molecule has 0 saturated carbocycles. The van der Waals surface area contributed by atoms with Crippen LogP contribution in [-0.4, -0.2) is 35.1 Å². The van der Waals surface area contributed by atoms with Crippen LogP contribution < -0.4 is 4.90 Å². The monoisotopic (exact) mass is 576 g/mol. The summed E-state index contributed by atoms with van der Waals surface area (Å²) in [7, 11) is -3.76. The molecule has 0 saturated heterocycles. The van der Waals surface area contributed by atoms with E-state index in [0.717, 1.165) is 15.8 Å². The molecule has 5 aromatic rings. The molecule has 0 radical (unpaired) electrons. The number of amides is 1. The summed E-state index contributed by atoms with van der Waals surface area (Å²) < 4.78 is 29.0. The van der Waals surface area contributed by atoms with Crippen LogP contribution in [0.2, 0.25) is 5.02 Å². The van der Waals surface area contributed by atoms with Gasteiger partial charge in [0.25, 0.3) is 5.91 Å². The van der Waals surface area contributed by atoms with E-state index in [1.165, 1.54) is 27.8 Å². The van der Waals surface area contributed by atoms with Crippen molar-refractivity contribution in [2.45, 2.75) is 24.9 Å². The van der Waals surface area contributed by atoms with Crippen LogP contribution in [0.15, 0.2) is 102 Å². The second-order valence-electron chi connectivity index (χ2n) is 8.76. The second-order valence-corrected chi connectivity index (χ2v) is 12.1. The minimum absolute atomic E-state index is 0.128. The molecule has 3 aromatic carbocycles. The maximum Gasteiger partial charge on any atom is 0.260 e. The Hall–Kier alpha value is -3.63. The van der Waals surface area contributed by atoms with Crippen molar-refractivity contribution >= 4 is 54.2 Å². The van der Waals surface area contributed by atoms with Crippen molar-refractivity contribution in [2.75, 3.05) is 11.4 Å². The highest BCUT2D eigenvalue weighted by molar-refractivity contribution is 7.89. The number of rotatable bonds is 9. The Kier molecular flexibility index (Phi) is 8.04. The van der Waals surface area contributed by atoms with E-state index in [4.69, 9.17) is 11.6 Å². The number of sulfonamides is 1. The molecule has 10 heteroatoms. The van der Waals surface area contributed by atoms with E-state index in [1.807, 2.05) is 60.7 Å². The fourth-order valence-corrected chi connectivity index (χ4v) is 6.79. The fraction of sp³-hybridized carbons (Fsp3) is 0.138. The molecule has 0 aliphatic rings. The highest BCUT2D eigenvalue weighted by atomic mass is 35.5. The topological polar surface area (TPSA) is 83.5 Å². The minimum atomic E-state index is -3.76. The summed E-state index contributed by atoms with van der Waals surface area (Å²) in [6.07, 6.45) is 1.67. The van der Waals surface area contributed by atoms with E-state index in [2.05, 4.69) is 9.97 Å². The molecule has 0 fully saturated rings. The van der Waals surface area contributed by atoms with Crippen molar-refractivity contribution in [3.63, 3.8) is 0 Å². The molecule has 5 rings (SSSR count). The van der Waals surface area contributed by atoms with Gasteiger partial charge >= 0.3 is 0 Å². The normalized spacial score (nSPS) is 11.7. The van der Waals surface area contributed by atoms with Gasteiger partial charge in [-0.15, -0.1) is 0 Å². The zero-order chi connectivity index (χ0) is 27.4. The summed E-state index contributed by atoms with van der Waals surface area (Å²) in [5.41, 5.74) is 2.67. The first-order valence-electron chi connectivity index (χ1n) is 12.3. The van der Waals surface area contributed by atoms with Gasteiger partial charge < -0.3 is 0 Å². The number of anilines is 1. The lowest BCUT2D eigenvalue weighted by atomic mass is 10.2. The van der Waals surface area contributed by atoms with Crippen LogP contribution in [0.5, 0.6) is 0 Å². The fourth-order valence-electron chi connectivity index (χ4n) is 4.11. The number of hydrogen-bond acceptors (Lipinski definition) is 6. The van der Waals surface area contributed by atoms with Crippen LogP contribution >= 0.6 is 22.9 Å². The van der Waals surface area contributed by atoms with Crippen LogP contribution in [-0.2, 0) is 23.1 Å². The number of halogens is 1. The van der Waals surface area contributed by atoms with E-state index >= 15 is 0 Å². The Labute approximate surface area is 236 Å². The van der Waals surface area contributed by atoms with Gasteiger partial charge in [-0.05, 0) is 60.2 Å². The average Bonchev–Trinajstić information content (AvgIpc) is 3.38. The minimum Gasteiger partial charge on any atom is -0.278 e. The molecule has 0 unspecified atom stereocenters. The molecule has 0 bridgehead atoms. The molecule has 0 atom stereocenters. The Morgan fingerprint density at radius 3 is 2.36 bits per heavy atom. The van der Waals surface area contributed by atoms with E-state index in [1.54, 1.807) is 36.2 Å². The molecule has 2 heterocycles.